The summed E-state index contributed by atoms with van der Waals surface area (Å²) in [6.45, 7) is 0. The number of benzene rings is 3. The van der Waals surface area contributed by atoms with Crippen LogP contribution >= 0.6 is 0 Å². The monoisotopic (exact) mass is 318 g/mol. The number of ketones is 1. The Morgan fingerprint density at radius 1 is 0.708 bits per heavy atom. The van der Waals surface area contributed by atoms with E-state index < -0.39 is 5.97 Å². The van der Waals surface area contributed by atoms with Gasteiger partial charge in [0.2, 0.25) is 0 Å². The van der Waals surface area contributed by atoms with E-state index in [1.807, 2.05) is 30.3 Å². The van der Waals surface area contributed by atoms with E-state index in [-0.39, 0.29) is 22.7 Å². The molecule has 4 nitrogen and oxygen atoms in total. The van der Waals surface area contributed by atoms with Crippen molar-refractivity contribution in [3.05, 3.63) is 89.5 Å². The van der Waals surface area contributed by atoms with Gasteiger partial charge in [-0.3, -0.25) is 4.79 Å². The van der Waals surface area contributed by atoms with Crippen molar-refractivity contribution in [1.82, 2.24) is 0 Å². The van der Waals surface area contributed by atoms with Crippen molar-refractivity contribution in [3.63, 3.8) is 0 Å². The zero-order chi connectivity index (χ0) is 17.1. The van der Waals surface area contributed by atoms with Crippen molar-refractivity contribution < 1.29 is 19.8 Å². The minimum atomic E-state index is -1.05. The molecule has 0 saturated heterocycles. The van der Waals surface area contributed by atoms with Gasteiger partial charge < -0.3 is 10.2 Å². The van der Waals surface area contributed by atoms with Crippen molar-refractivity contribution in [2.75, 3.05) is 0 Å². The van der Waals surface area contributed by atoms with Crippen LogP contribution in [0.1, 0.15) is 26.3 Å². The number of hydrogen-bond acceptors (Lipinski definition) is 3. The lowest BCUT2D eigenvalue weighted by molar-refractivity contribution is 0.0696. The second kappa shape index (κ2) is 6.38. The van der Waals surface area contributed by atoms with Crippen LogP contribution in [0.25, 0.3) is 11.1 Å². The van der Waals surface area contributed by atoms with E-state index in [9.17, 15) is 14.7 Å². The van der Waals surface area contributed by atoms with Gasteiger partial charge in [0.15, 0.2) is 5.78 Å². The van der Waals surface area contributed by atoms with Crippen LogP contribution in [0.2, 0.25) is 0 Å². The number of phenolic OH excluding ortho intramolecular Hbond substituents is 1. The van der Waals surface area contributed by atoms with Gasteiger partial charge in [0, 0.05) is 5.56 Å². The number of phenols is 1. The van der Waals surface area contributed by atoms with Crippen molar-refractivity contribution >= 4 is 11.8 Å². The Labute approximate surface area is 138 Å². The maximum Gasteiger partial charge on any atom is 0.335 e. The normalized spacial score (nSPS) is 10.3. The molecular weight excluding hydrogens is 304 g/mol. The highest BCUT2D eigenvalue weighted by molar-refractivity contribution is 6.11. The maximum absolute atomic E-state index is 12.6. The van der Waals surface area contributed by atoms with Crippen LogP contribution in [0.5, 0.6) is 5.75 Å². The molecule has 0 aliphatic rings. The Balaban J connectivity index is 1.99. The van der Waals surface area contributed by atoms with Crippen molar-refractivity contribution in [2.45, 2.75) is 0 Å². The van der Waals surface area contributed by atoms with E-state index in [0.717, 1.165) is 11.1 Å². The fraction of sp³-hybridized carbons (Fsp3) is 0. The van der Waals surface area contributed by atoms with Crippen LogP contribution in [0.4, 0.5) is 0 Å². The number of aromatic carboxylic acids is 1. The molecule has 2 N–H and O–H groups in total. The number of carbonyl (C=O) groups is 2. The first-order valence-corrected chi connectivity index (χ1v) is 7.33. The van der Waals surface area contributed by atoms with E-state index in [1.165, 1.54) is 30.3 Å². The molecule has 0 unspecified atom stereocenters. The minimum absolute atomic E-state index is 0.105. The fourth-order valence-electron chi connectivity index (χ4n) is 2.45. The molecule has 24 heavy (non-hydrogen) atoms. The van der Waals surface area contributed by atoms with Crippen LogP contribution in [0, 0.1) is 0 Å². The lowest BCUT2D eigenvalue weighted by Crippen LogP contribution is -2.03. The number of hydrogen-bond donors (Lipinski definition) is 2. The largest absolute Gasteiger partial charge is 0.507 e. The van der Waals surface area contributed by atoms with E-state index in [0.29, 0.717) is 5.56 Å². The molecule has 3 rings (SSSR count). The predicted octanol–water partition coefficient (Wildman–Crippen LogP) is 3.99. The molecule has 0 spiro atoms. The van der Waals surface area contributed by atoms with Crippen LogP contribution in [-0.4, -0.2) is 22.0 Å². The molecule has 0 radical (unpaired) electrons. The zero-order valence-electron chi connectivity index (χ0n) is 12.6. The van der Waals surface area contributed by atoms with Crippen molar-refractivity contribution in [2.24, 2.45) is 0 Å². The Kier molecular flexibility index (Phi) is 4.12. The molecule has 0 saturated carbocycles. The van der Waals surface area contributed by atoms with Crippen LogP contribution in [0.3, 0.4) is 0 Å². The molecule has 3 aromatic carbocycles. The number of carbonyl (C=O) groups excluding carboxylic acids is 1. The average molecular weight is 318 g/mol. The smallest absolute Gasteiger partial charge is 0.335 e. The molecule has 118 valence electrons. The first-order chi connectivity index (χ1) is 11.6. The molecule has 0 heterocycles. The third-order valence-electron chi connectivity index (χ3n) is 3.74. The van der Waals surface area contributed by atoms with Gasteiger partial charge in [-0.25, -0.2) is 4.79 Å². The summed E-state index contributed by atoms with van der Waals surface area (Å²) in [4.78, 5) is 23.5. The number of rotatable bonds is 4. The van der Waals surface area contributed by atoms with Crippen LogP contribution in [-0.2, 0) is 0 Å². The summed E-state index contributed by atoms with van der Waals surface area (Å²) in [7, 11) is 0. The Morgan fingerprint density at radius 2 is 1.33 bits per heavy atom. The molecule has 0 bridgehead atoms. The van der Waals surface area contributed by atoms with Gasteiger partial charge >= 0.3 is 5.97 Å². The van der Waals surface area contributed by atoms with Gasteiger partial charge in [-0.1, -0.05) is 48.5 Å². The summed E-state index contributed by atoms with van der Waals surface area (Å²) in [5.41, 5.74) is 2.36. The molecule has 0 amide bonds. The number of carboxylic acids is 1. The minimum Gasteiger partial charge on any atom is -0.507 e. The van der Waals surface area contributed by atoms with Gasteiger partial charge in [0.05, 0.1) is 11.1 Å². The van der Waals surface area contributed by atoms with Gasteiger partial charge in [0.25, 0.3) is 0 Å². The number of carboxylic acid groups (broad SMARTS) is 1. The first-order valence-electron chi connectivity index (χ1n) is 7.33. The van der Waals surface area contributed by atoms with E-state index in [1.54, 1.807) is 12.1 Å². The van der Waals surface area contributed by atoms with E-state index in [2.05, 4.69) is 0 Å². The Hall–Kier alpha value is -3.40. The highest BCUT2D eigenvalue weighted by atomic mass is 16.4. The van der Waals surface area contributed by atoms with Gasteiger partial charge in [-0.05, 0) is 35.4 Å². The Morgan fingerprint density at radius 3 is 1.96 bits per heavy atom. The third-order valence-corrected chi connectivity index (χ3v) is 3.74. The Bertz CT molecular complexity index is 897. The zero-order valence-corrected chi connectivity index (χ0v) is 12.6. The highest BCUT2D eigenvalue weighted by Crippen LogP contribution is 2.27. The summed E-state index contributed by atoms with van der Waals surface area (Å²) in [6.07, 6.45) is 0. The molecule has 0 aliphatic carbocycles. The second-order valence-electron chi connectivity index (χ2n) is 5.31. The molecule has 0 aliphatic heterocycles. The summed E-state index contributed by atoms with van der Waals surface area (Å²) in [5, 5.41) is 19.0. The molecule has 0 aromatic heterocycles. The topological polar surface area (TPSA) is 74.6 Å². The summed E-state index contributed by atoms with van der Waals surface area (Å²) >= 11 is 0. The number of aromatic hydroxyl groups is 1. The molecule has 0 atom stereocenters. The fourth-order valence-corrected chi connectivity index (χ4v) is 2.45. The highest BCUT2D eigenvalue weighted by Gasteiger charge is 2.15. The van der Waals surface area contributed by atoms with Crippen molar-refractivity contribution in [1.29, 1.82) is 0 Å². The van der Waals surface area contributed by atoms with Crippen LogP contribution < -0.4 is 0 Å². The molecule has 0 fully saturated rings. The third kappa shape index (κ3) is 3.03. The molecular formula is C20H14O4. The summed E-state index contributed by atoms with van der Waals surface area (Å²) in [5.74, 6) is -1.52. The quantitative estimate of drug-likeness (QED) is 0.713. The maximum atomic E-state index is 12.6. The van der Waals surface area contributed by atoms with E-state index in [4.69, 9.17) is 5.11 Å². The second-order valence-corrected chi connectivity index (χ2v) is 5.31. The van der Waals surface area contributed by atoms with Gasteiger partial charge in [-0.2, -0.15) is 0 Å². The SMILES string of the molecule is O=C(O)c1ccc(C(=O)c2cc(-c3ccccc3)ccc2O)cc1. The molecule has 4 heteroatoms. The van der Waals surface area contributed by atoms with Gasteiger partial charge in [0.1, 0.15) is 5.75 Å². The van der Waals surface area contributed by atoms with Crippen LogP contribution in [0.15, 0.2) is 72.8 Å². The molecule has 3 aromatic rings. The lowest BCUT2D eigenvalue weighted by atomic mass is 9.97. The van der Waals surface area contributed by atoms with Crippen molar-refractivity contribution in [3.8, 4) is 16.9 Å². The first kappa shape index (κ1) is 15.5. The predicted molar refractivity (Wildman–Crippen MR) is 90.4 cm³/mol. The van der Waals surface area contributed by atoms with E-state index >= 15 is 0 Å². The standard InChI is InChI=1S/C20H14O4/c21-18-11-10-16(13-4-2-1-3-5-13)12-17(18)19(22)14-6-8-15(9-7-14)20(23)24/h1-12,21H,(H,23,24). The summed E-state index contributed by atoms with van der Waals surface area (Å²) in [6, 6.07) is 20.0. The lowest BCUT2D eigenvalue weighted by Gasteiger charge is -2.08. The summed E-state index contributed by atoms with van der Waals surface area (Å²) < 4.78 is 0. The average Bonchev–Trinajstić information content (AvgIpc) is 2.62. The van der Waals surface area contributed by atoms with Gasteiger partial charge in [-0.15, -0.1) is 0 Å².